The third-order valence-electron chi connectivity index (χ3n) is 5.73. The number of fused-ring (bicyclic) bond motifs is 3. The van der Waals surface area contributed by atoms with E-state index < -0.39 is 0 Å². The van der Waals surface area contributed by atoms with Gasteiger partial charge in [-0.25, -0.2) is 0 Å². The van der Waals surface area contributed by atoms with Gasteiger partial charge in [-0.2, -0.15) is 0 Å². The zero-order chi connectivity index (χ0) is 18.8. The second kappa shape index (κ2) is 7.63. The number of hydrogen-bond acceptors (Lipinski definition) is 4. The third kappa shape index (κ3) is 3.80. The van der Waals surface area contributed by atoms with E-state index in [1.165, 1.54) is 12.0 Å². The minimum atomic E-state index is 0.0269. The zero-order valence-electron chi connectivity index (χ0n) is 15.9. The van der Waals surface area contributed by atoms with Crippen LogP contribution >= 0.6 is 0 Å². The van der Waals surface area contributed by atoms with Gasteiger partial charge < -0.3 is 14.7 Å². The molecule has 0 aromatic heterocycles. The van der Waals surface area contributed by atoms with Crippen molar-refractivity contribution in [2.45, 2.75) is 57.6 Å². The summed E-state index contributed by atoms with van der Waals surface area (Å²) in [5, 5.41) is 10.5. The maximum absolute atomic E-state index is 12.5. The van der Waals surface area contributed by atoms with Crippen LogP contribution in [0.15, 0.2) is 42.5 Å². The molecule has 2 aliphatic heterocycles. The first-order valence-corrected chi connectivity index (χ1v) is 9.99. The lowest BCUT2D eigenvalue weighted by Crippen LogP contribution is -2.44. The highest BCUT2D eigenvalue weighted by Gasteiger charge is 2.35. The molecule has 2 unspecified atom stereocenters. The predicted octanol–water partition coefficient (Wildman–Crippen LogP) is 4.74. The average Bonchev–Trinajstić information content (AvgIpc) is 2.67. The topological polar surface area (TPSA) is 49.8 Å². The zero-order valence-corrected chi connectivity index (χ0v) is 15.9. The fourth-order valence-electron chi connectivity index (χ4n) is 4.32. The number of ether oxygens (including phenoxy) is 1. The largest absolute Gasteiger partial charge is 0.507 e. The molecule has 2 aliphatic rings. The number of aryl methyl sites for hydroxylation is 1. The van der Waals surface area contributed by atoms with Gasteiger partial charge in [0.15, 0.2) is 5.78 Å². The van der Waals surface area contributed by atoms with Crippen molar-refractivity contribution >= 4 is 11.5 Å². The normalized spacial score (nSPS) is 20.0. The van der Waals surface area contributed by atoms with Gasteiger partial charge in [0.2, 0.25) is 0 Å². The van der Waals surface area contributed by atoms with Crippen LogP contribution in [0, 0.1) is 0 Å². The van der Waals surface area contributed by atoms with E-state index in [4.69, 9.17) is 4.74 Å². The van der Waals surface area contributed by atoms with Crippen LogP contribution in [-0.2, 0) is 6.42 Å². The number of benzene rings is 2. The number of anilines is 1. The lowest BCUT2D eigenvalue weighted by Gasteiger charge is -2.41. The minimum absolute atomic E-state index is 0.0269. The average molecular weight is 365 g/mol. The van der Waals surface area contributed by atoms with E-state index in [2.05, 4.69) is 29.2 Å². The Hall–Kier alpha value is -2.49. The summed E-state index contributed by atoms with van der Waals surface area (Å²) in [7, 11) is 0. The van der Waals surface area contributed by atoms with Crippen LogP contribution in [0.2, 0.25) is 0 Å². The maximum atomic E-state index is 12.5. The summed E-state index contributed by atoms with van der Waals surface area (Å²) in [6, 6.07) is 14.2. The monoisotopic (exact) mass is 365 g/mol. The number of aromatic hydroxyl groups is 1. The van der Waals surface area contributed by atoms with Crippen molar-refractivity contribution in [1.82, 2.24) is 0 Å². The summed E-state index contributed by atoms with van der Waals surface area (Å²) in [5.74, 6) is 0.743. The van der Waals surface area contributed by atoms with Crippen LogP contribution < -0.4 is 9.64 Å². The Kier molecular flexibility index (Phi) is 5.06. The van der Waals surface area contributed by atoms with Gasteiger partial charge >= 0.3 is 0 Å². The number of carbonyl (C=O) groups is 1. The van der Waals surface area contributed by atoms with Crippen molar-refractivity contribution in [2.75, 3.05) is 11.4 Å². The van der Waals surface area contributed by atoms with Gasteiger partial charge in [0.05, 0.1) is 17.4 Å². The fourth-order valence-corrected chi connectivity index (χ4v) is 4.32. The number of nitrogens with zero attached hydrogens (tertiary/aromatic N) is 1. The first-order valence-electron chi connectivity index (χ1n) is 9.99. The van der Waals surface area contributed by atoms with Gasteiger partial charge in [-0.3, -0.25) is 4.79 Å². The number of rotatable bonds is 5. The molecule has 4 nitrogen and oxygen atoms in total. The molecule has 2 aromatic carbocycles. The summed E-state index contributed by atoms with van der Waals surface area (Å²) >= 11 is 0. The summed E-state index contributed by atoms with van der Waals surface area (Å²) in [4.78, 5) is 14.8. The molecule has 2 aromatic rings. The second-order valence-electron chi connectivity index (χ2n) is 7.76. The smallest absolute Gasteiger partial charge is 0.170 e. The van der Waals surface area contributed by atoms with Crippen LogP contribution in [0.25, 0.3) is 0 Å². The molecule has 0 radical (unpaired) electrons. The summed E-state index contributed by atoms with van der Waals surface area (Å²) in [6.45, 7) is 2.99. The standard InChI is InChI=1S/C23H27NO3/c1-16(10-11-17-7-3-2-4-8-17)27-19-14-20-23(22(26)15-19)21(25)13-18-9-5-6-12-24(18)20/h2-4,7-8,14-16,18,26H,5-6,9-13H2,1H3. The lowest BCUT2D eigenvalue weighted by atomic mass is 9.88. The van der Waals surface area contributed by atoms with Gasteiger partial charge in [-0.1, -0.05) is 30.3 Å². The highest BCUT2D eigenvalue weighted by molar-refractivity contribution is 6.06. The molecule has 142 valence electrons. The van der Waals surface area contributed by atoms with E-state index in [0.717, 1.165) is 37.9 Å². The number of phenolic OH excluding ortho intramolecular Hbond substituents is 1. The van der Waals surface area contributed by atoms with E-state index in [1.807, 2.05) is 19.1 Å². The summed E-state index contributed by atoms with van der Waals surface area (Å²) in [6.07, 6.45) is 5.72. The SMILES string of the molecule is CC(CCc1ccccc1)Oc1cc(O)c2c(c1)N1CCCCC1CC2=O. The molecule has 2 heterocycles. The number of carbonyl (C=O) groups excluding carboxylic acids is 1. The van der Waals surface area contributed by atoms with Crippen molar-refractivity contribution in [2.24, 2.45) is 0 Å². The number of Topliss-reactive ketones (excluding diaryl/α,β-unsaturated/α-hetero) is 1. The van der Waals surface area contributed by atoms with E-state index in [-0.39, 0.29) is 23.7 Å². The van der Waals surface area contributed by atoms with E-state index in [9.17, 15) is 9.90 Å². The Morgan fingerprint density at radius 2 is 2.04 bits per heavy atom. The molecule has 4 heteroatoms. The second-order valence-corrected chi connectivity index (χ2v) is 7.76. The summed E-state index contributed by atoms with van der Waals surface area (Å²) in [5.41, 5.74) is 2.61. The first-order chi connectivity index (χ1) is 13.1. The fraction of sp³-hybridized carbons (Fsp3) is 0.435. The van der Waals surface area contributed by atoms with E-state index in [0.29, 0.717) is 17.7 Å². The Morgan fingerprint density at radius 3 is 2.85 bits per heavy atom. The number of ketones is 1. The molecule has 4 rings (SSSR count). The number of piperidine rings is 1. The van der Waals surface area contributed by atoms with Crippen LogP contribution in [0.1, 0.15) is 54.9 Å². The van der Waals surface area contributed by atoms with Crippen molar-refractivity contribution in [3.8, 4) is 11.5 Å². The lowest BCUT2D eigenvalue weighted by molar-refractivity contribution is 0.0958. The Labute approximate surface area is 160 Å². The molecule has 1 fully saturated rings. The first kappa shape index (κ1) is 17.9. The molecule has 0 spiro atoms. The molecule has 0 saturated carbocycles. The number of hydrogen-bond donors (Lipinski definition) is 1. The highest BCUT2D eigenvalue weighted by atomic mass is 16.5. The third-order valence-corrected chi connectivity index (χ3v) is 5.73. The molecule has 0 amide bonds. The van der Waals surface area contributed by atoms with Crippen LogP contribution in [0.5, 0.6) is 11.5 Å². The molecule has 1 saturated heterocycles. The van der Waals surface area contributed by atoms with Crippen LogP contribution in [-0.4, -0.2) is 29.6 Å². The van der Waals surface area contributed by atoms with Crippen molar-refractivity contribution in [3.63, 3.8) is 0 Å². The van der Waals surface area contributed by atoms with Crippen LogP contribution in [0.4, 0.5) is 5.69 Å². The molecule has 2 atom stereocenters. The minimum Gasteiger partial charge on any atom is -0.507 e. The van der Waals surface area contributed by atoms with Gasteiger partial charge in [-0.05, 0) is 44.6 Å². The van der Waals surface area contributed by atoms with Crippen molar-refractivity contribution in [3.05, 3.63) is 53.6 Å². The predicted molar refractivity (Wildman–Crippen MR) is 107 cm³/mol. The Bertz CT molecular complexity index is 818. The highest BCUT2D eigenvalue weighted by Crippen LogP contribution is 2.42. The maximum Gasteiger partial charge on any atom is 0.170 e. The van der Waals surface area contributed by atoms with Crippen LogP contribution in [0.3, 0.4) is 0 Å². The molecular weight excluding hydrogens is 338 g/mol. The van der Waals surface area contributed by atoms with Gasteiger partial charge in [-0.15, -0.1) is 0 Å². The molecule has 27 heavy (non-hydrogen) atoms. The van der Waals surface area contributed by atoms with Gasteiger partial charge in [0.25, 0.3) is 0 Å². The van der Waals surface area contributed by atoms with Crippen molar-refractivity contribution in [1.29, 1.82) is 0 Å². The van der Waals surface area contributed by atoms with Gasteiger partial charge in [0.1, 0.15) is 11.5 Å². The Balaban J connectivity index is 1.50. The van der Waals surface area contributed by atoms with Crippen molar-refractivity contribution < 1.29 is 14.6 Å². The summed E-state index contributed by atoms with van der Waals surface area (Å²) < 4.78 is 6.10. The quantitative estimate of drug-likeness (QED) is 0.832. The molecular formula is C23H27NO3. The van der Waals surface area contributed by atoms with Gasteiger partial charge in [0, 0.05) is 31.1 Å². The molecule has 0 aliphatic carbocycles. The molecule has 0 bridgehead atoms. The van der Waals surface area contributed by atoms with E-state index in [1.54, 1.807) is 6.07 Å². The molecule has 1 N–H and O–H groups in total. The number of phenols is 1. The van der Waals surface area contributed by atoms with E-state index >= 15 is 0 Å². The Morgan fingerprint density at radius 1 is 1.22 bits per heavy atom.